The fourth-order valence-corrected chi connectivity index (χ4v) is 4.48. The van der Waals surface area contributed by atoms with Gasteiger partial charge in [0.1, 0.15) is 11.9 Å². The van der Waals surface area contributed by atoms with E-state index in [0.29, 0.717) is 35.3 Å². The second kappa shape index (κ2) is 12.0. The predicted molar refractivity (Wildman–Crippen MR) is 139 cm³/mol. The van der Waals surface area contributed by atoms with E-state index in [1.807, 2.05) is 0 Å². The van der Waals surface area contributed by atoms with Crippen LogP contribution in [-0.4, -0.2) is 31.3 Å². The van der Waals surface area contributed by atoms with Crippen molar-refractivity contribution in [1.29, 1.82) is 0 Å². The van der Waals surface area contributed by atoms with Crippen LogP contribution in [0.15, 0.2) is 48.8 Å². The molecule has 1 heterocycles. The summed E-state index contributed by atoms with van der Waals surface area (Å²) < 4.78 is 47.7. The number of nitrogen functional groups attached to an aromatic ring is 1. The van der Waals surface area contributed by atoms with Crippen molar-refractivity contribution < 1.29 is 32.5 Å². The third-order valence-corrected chi connectivity index (χ3v) is 6.99. The molecule has 3 unspecified atom stereocenters. The van der Waals surface area contributed by atoms with Gasteiger partial charge >= 0.3 is 12.6 Å². The van der Waals surface area contributed by atoms with Crippen molar-refractivity contribution in [2.24, 2.45) is 11.8 Å². The summed E-state index contributed by atoms with van der Waals surface area (Å²) in [6, 6.07) is 8.91. The Hall–Kier alpha value is -3.30. The molecule has 1 fully saturated rings. The first-order valence-electron chi connectivity index (χ1n) is 11.8. The summed E-state index contributed by atoms with van der Waals surface area (Å²) in [5.41, 5.74) is 7.37. The molecule has 202 valence electrons. The Kier molecular flexibility index (Phi) is 8.79. The van der Waals surface area contributed by atoms with E-state index in [1.54, 1.807) is 6.07 Å². The summed E-state index contributed by atoms with van der Waals surface area (Å²) in [5.74, 6) is 0.567. The highest BCUT2D eigenvalue weighted by Crippen LogP contribution is 2.40. The molecule has 11 heteroatoms. The van der Waals surface area contributed by atoms with Gasteiger partial charge in [-0.05, 0) is 59.7 Å². The average Bonchev–Trinajstić information content (AvgIpc) is 3.59. The van der Waals surface area contributed by atoms with Gasteiger partial charge in [0.05, 0.1) is 35.0 Å². The standard InChI is InChI=1S/C27H26Cl2F2N2O5/c1-14-7-17(14)13-36-25-9-15(3-6-23(25)38-27(30)31)24(10-18-19(28)11-33-12-20(18)29)37-26(34)16-4-5-22(35-2)21(32)8-16/h3-6,8-9,11-12,14,17,24,27H,7,10,13,32H2,1-2H3. The molecule has 0 spiro atoms. The van der Waals surface area contributed by atoms with E-state index in [1.165, 1.54) is 49.8 Å². The van der Waals surface area contributed by atoms with Crippen LogP contribution < -0.4 is 19.9 Å². The van der Waals surface area contributed by atoms with Crippen LogP contribution in [0.1, 0.15) is 40.9 Å². The molecule has 1 aliphatic carbocycles. The van der Waals surface area contributed by atoms with Crippen LogP contribution in [-0.2, 0) is 11.2 Å². The summed E-state index contributed by atoms with van der Waals surface area (Å²) in [7, 11) is 1.47. The molecule has 0 radical (unpaired) electrons. The van der Waals surface area contributed by atoms with Gasteiger partial charge in [-0.3, -0.25) is 4.98 Å². The van der Waals surface area contributed by atoms with Gasteiger partial charge in [0.15, 0.2) is 11.5 Å². The van der Waals surface area contributed by atoms with Crippen molar-refractivity contribution in [3.63, 3.8) is 0 Å². The van der Waals surface area contributed by atoms with Crippen LogP contribution in [0.2, 0.25) is 10.0 Å². The van der Waals surface area contributed by atoms with Gasteiger partial charge < -0.3 is 24.7 Å². The number of nitrogens with two attached hydrogens (primary N) is 1. The van der Waals surface area contributed by atoms with Crippen LogP contribution in [0.3, 0.4) is 0 Å². The fourth-order valence-electron chi connectivity index (χ4n) is 3.96. The van der Waals surface area contributed by atoms with Crippen LogP contribution >= 0.6 is 23.2 Å². The number of benzene rings is 2. The van der Waals surface area contributed by atoms with E-state index in [4.69, 9.17) is 43.1 Å². The van der Waals surface area contributed by atoms with Crippen molar-refractivity contribution in [3.8, 4) is 17.2 Å². The largest absolute Gasteiger partial charge is 0.495 e. The Morgan fingerprint density at radius 2 is 1.79 bits per heavy atom. The zero-order chi connectivity index (χ0) is 27.4. The summed E-state index contributed by atoms with van der Waals surface area (Å²) >= 11 is 12.7. The smallest absolute Gasteiger partial charge is 0.387 e. The third-order valence-electron chi connectivity index (χ3n) is 6.34. The molecule has 0 saturated heterocycles. The molecule has 2 N–H and O–H groups in total. The van der Waals surface area contributed by atoms with Crippen LogP contribution in [0.25, 0.3) is 0 Å². The van der Waals surface area contributed by atoms with E-state index >= 15 is 0 Å². The van der Waals surface area contributed by atoms with Crippen LogP contribution in [0.4, 0.5) is 14.5 Å². The van der Waals surface area contributed by atoms with Crippen LogP contribution in [0.5, 0.6) is 17.2 Å². The minimum atomic E-state index is -3.04. The first-order chi connectivity index (χ1) is 18.2. The van der Waals surface area contributed by atoms with Gasteiger partial charge in [0, 0.05) is 18.8 Å². The Balaban J connectivity index is 1.68. The van der Waals surface area contributed by atoms with Crippen LogP contribution in [0, 0.1) is 11.8 Å². The second-order valence-electron chi connectivity index (χ2n) is 9.01. The van der Waals surface area contributed by atoms with Gasteiger partial charge in [-0.15, -0.1) is 0 Å². The number of alkyl halides is 2. The number of aromatic nitrogens is 1. The number of esters is 1. The number of carbonyl (C=O) groups is 1. The molecule has 1 aromatic heterocycles. The molecule has 7 nitrogen and oxygen atoms in total. The maximum Gasteiger partial charge on any atom is 0.387 e. The number of methoxy groups -OCH3 is 1. The van der Waals surface area contributed by atoms with E-state index in [9.17, 15) is 13.6 Å². The highest BCUT2D eigenvalue weighted by atomic mass is 35.5. The molecular weight excluding hydrogens is 541 g/mol. The molecule has 0 amide bonds. The quantitative estimate of drug-likeness (QED) is 0.202. The lowest BCUT2D eigenvalue weighted by molar-refractivity contribution is -0.0515. The molecule has 1 aliphatic rings. The maximum absolute atomic E-state index is 13.1. The average molecular weight is 567 g/mol. The van der Waals surface area contributed by atoms with E-state index < -0.39 is 18.7 Å². The Morgan fingerprint density at radius 3 is 2.39 bits per heavy atom. The zero-order valence-corrected chi connectivity index (χ0v) is 22.1. The van der Waals surface area contributed by atoms with E-state index in [0.717, 1.165) is 6.42 Å². The number of nitrogens with zero attached hydrogens (tertiary/aromatic N) is 1. The summed E-state index contributed by atoms with van der Waals surface area (Å²) in [6.45, 7) is -0.599. The minimum absolute atomic E-state index is 0.0751. The van der Waals surface area contributed by atoms with Gasteiger partial charge in [-0.1, -0.05) is 36.2 Å². The Labute approximate surface area is 228 Å². The number of anilines is 1. The highest BCUT2D eigenvalue weighted by Gasteiger charge is 2.33. The van der Waals surface area contributed by atoms with Gasteiger partial charge in [-0.25, -0.2) is 4.79 Å². The van der Waals surface area contributed by atoms with E-state index in [-0.39, 0.29) is 39.2 Å². The lowest BCUT2D eigenvalue weighted by atomic mass is 10.0. The summed E-state index contributed by atoms with van der Waals surface area (Å²) in [5, 5.41) is 0.563. The van der Waals surface area contributed by atoms with Gasteiger partial charge in [-0.2, -0.15) is 8.78 Å². The number of hydrogen-bond donors (Lipinski definition) is 1. The Bertz CT molecular complexity index is 1290. The van der Waals surface area contributed by atoms with Crippen molar-refractivity contribution in [2.45, 2.75) is 32.5 Å². The topological polar surface area (TPSA) is 92.9 Å². The number of carbonyl (C=O) groups excluding carboxylic acids is 1. The molecule has 38 heavy (non-hydrogen) atoms. The summed E-state index contributed by atoms with van der Waals surface area (Å²) in [6.07, 6.45) is 3.00. The van der Waals surface area contributed by atoms with Gasteiger partial charge in [0.2, 0.25) is 0 Å². The van der Waals surface area contributed by atoms with Gasteiger partial charge in [0.25, 0.3) is 0 Å². The number of pyridine rings is 1. The number of rotatable bonds is 11. The van der Waals surface area contributed by atoms with Crippen molar-refractivity contribution in [3.05, 3.63) is 75.5 Å². The van der Waals surface area contributed by atoms with Crippen molar-refractivity contribution in [2.75, 3.05) is 19.5 Å². The zero-order valence-electron chi connectivity index (χ0n) is 20.6. The fraction of sp³-hybridized carbons (Fsp3) is 0.333. The Morgan fingerprint density at radius 1 is 1.11 bits per heavy atom. The summed E-state index contributed by atoms with van der Waals surface area (Å²) in [4.78, 5) is 17.1. The molecule has 4 rings (SSSR count). The SMILES string of the molecule is COc1ccc(C(=O)OC(Cc2c(Cl)cncc2Cl)c2ccc(OC(F)F)c(OCC3CC3C)c2)cc1N. The molecule has 1 saturated carbocycles. The first-order valence-corrected chi connectivity index (χ1v) is 12.6. The first kappa shape index (κ1) is 27.7. The normalized spacial score (nSPS) is 17.1. The lowest BCUT2D eigenvalue weighted by Crippen LogP contribution is -2.16. The molecule has 0 aliphatic heterocycles. The molecule has 0 bridgehead atoms. The molecular formula is C27H26Cl2F2N2O5. The molecule has 3 atom stereocenters. The number of ether oxygens (including phenoxy) is 4. The predicted octanol–water partition coefficient (Wildman–Crippen LogP) is 6.76. The molecule has 2 aromatic carbocycles. The van der Waals surface area contributed by atoms with Crippen molar-refractivity contribution >= 4 is 34.9 Å². The third kappa shape index (κ3) is 6.76. The van der Waals surface area contributed by atoms with E-state index in [2.05, 4.69) is 16.6 Å². The lowest BCUT2D eigenvalue weighted by Gasteiger charge is -2.22. The number of hydrogen-bond acceptors (Lipinski definition) is 7. The minimum Gasteiger partial charge on any atom is -0.495 e. The molecule has 3 aromatic rings. The maximum atomic E-state index is 13.1. The highest BCUT2D eigenvalue weighted by molar-refractivity contribution is 6.35. The number of halogens is 4. The van der Waals surface area contributed by atoms with Crippen molar-refractivity contribution in [1.82, 2.24) is 4.98 Å². The second-order valence-corrected chi connectivity index (χ2v) is 9.82. The monoisotopic (exact) mass is 566 g/mol.